The van der Waals surface area contributed by atoms with Gasteiger partial charge in [0.05, 0.1) is 0 Å². The van der Waals surface area contributed by atoms with Crippen molar-refractivity contribution < 1.29 is 9.90 Å². The van der Waals surface area contributed by atoms with Crippen molar-refractivity contribution in [2.24, 2.45) is 0 Å². The van der Waals surface area contributed by atoms with Crippen LogP contribution in [0.4, 0.5) is 0 Å². The molecule has 0 aromatic rings. The molecule has 0 aliphatic heterocycles. The molecule has 0 saturated heterocycles. The summed E-state index contributed by atoms with van der Waals surface area (Å²) >= 11 is 0. The van der Waals surface area contributed by atoms with E-state index in [1.54, 1.807) is 0 Å². The van der Waals surface area contributed by atoms with Gasteiger partial charge in [-0.3, -0.25) is 4.79 Å². The molecule has 0 heterocycles. The second-order valence-electron chi connectivity index (χ2n) is 4.47. The molecule has 0 aromatic heterocycles. The minimum atomic E-state index is -0.663. The van der Waals surface area contributed by atoms with Crippen LogP contribution in [0.1, 0.15) is 72.1 Å². The Labute approximate surface area is 101 Å². The van der Waals surface area contributed by atoms with Crippen molar-refractivity contribution in [1.82, 2.24) is 0 Å². The Kier molecular flexibility index (Phi) is 15.6. The summed E-state index contributed by atoms with van der Waals surface area (Å²) in [5, 5.41) is 8.35. The molecule has 0 fully saturated rings. The second kappa shape index (κ2) is 14.2. The number of hydrogen-bond donors (Lipinski definition) is 1. The third-order valence-electron chi connectivity index (χ3n) is 1.99. The molecule has 1 N–H and O–H groups in total. The number of unbranched alkanes of at least 4 members (excludes halogenated alkanes) is 6. The summed E-state index contributed by atoms with van der Waals surface area (Å²) in [6.45, 7) is 9.70. The molecule has 2 nitrogen and oxygen atoms in total. The molecule has 16 heavy (non-hydrogen) atoms. The van der Waals surface area contributed by atoms with E-state index in [4.69, 9.17) is 5.11 Å². The van der Waals surface area contributed by atoms with E-state index in [2.05, 4.69) is 13.5 Å². The first-order valence-corrected chi connectivity index (χ1v) is 6.34. The number of carbonyl (C=O) groups is 1. The predicted octanol–water partition coefficient (Wildman–Crippen LogP) is 4.79. The largest absolute Gasteiger partial charge is 0.481 e. The maximum absolute atomic E-state index is 10.1. The average Bonchev–Trinajstić information content (AvgIpc) is 2.15. The van der Waals surface area contributed by atoms with Crippen LogP contribution in [0.25, 0.3) is 0 Å². The Morgan fingerprint density at radius 3 is 1.75 bits per heavy atom. The molecular weight excluding hydrogens is 200 g/mol. The molecule has 0 saturated carbocycles. The number of hydrogen-bond acceptors (Lipinski definition) is 1. The Morgan fingerprint density at radius 1 is 1.00 bits per heavy atom. The molecule has 96 valence electrons. The number of aliphatic carboxylic acids is 1. The molecule has 0 amide bonds. The highest BCUT2D eigenvalue weighted by Gasteiger charge is 1.95. The average molecular weight is 228 g/mol. The van der Waals surface area contributed by atoms with Crippen molar-refractivity contribution in [3.63, 3.8) is 0 Å². The zero-order chi connectivity index (χ0) is 12.8. The highest BCUT2D eigenvalue weighted by molar-refractivity contribution is 5.66. The Morgan fingerprint density at radius 2 is 1.38 bits per heavy atom. The lowest BCUT2D eigenvalue weighted by molar-refractivity contribution is -0.137. The van der Waals surface area contributed by atoms with E-state index in [0.717, 1.165) is 12.8 Å². The molecule has 0 rings (SSSR count). The lowest BCUT2D eigenvalue weighted by Gasteiger charge is -1.98. The minimum Gasteiger partial charge on any atom is -0.481 e. The van der Waals surface area contributed by atoms with Gasteiger partial charge in [-0.15, -0.1) is 6.58 Å². The van der Waals surface area contributed by atoms with Crippen molar-refractivity contribution in [1.29, 1.82) is 0 Å². The van der Waals surface area contributed by atoms with Crippen LogP contribution in [0.2, 0.25) is 0 Å². The number of carboxylic acid groups (broad SMARTS) is 1. The Hall–Kier alpha value is -0.790. The lowest BCUT2D eigenvalue weighted by Crippen LogP contribution is -1.93. The summed E-state index contributed by atoms with van der Waals surface area (Å²) in [6.07, 6.45) is 8.64. The van der Waals surface area contributed by atoms with Gasteiger partial charge in [0.2, 0.25) is 0 Å². The normalized spacial score (nSPS) is 9.19. The van der Waals surface area contributed by atoms with Crippen LogP contribution in [-0.2, 0) is 4.79 Å². The van der Waals surface area contributed by atoms with Gasteiger partial charge in [-0.05, 0) is 20.3 Å². The van der Waals surface area contributed by atoms with Gasteiger partial charge in [-0.25, -0.2) is 0 Å². The van der Waals surface area contributed by atoms with E-state index < -0.39 is 5.97 Å². The fraction of sp³-hybridized carbons (Fsp3) is 0.786. The van der Waals surface area contributed by atoms with Crippen molar-refractivity contribution in [3.05, 3.63) is 12.2 Å². The SMILES string of the molecule is C=C(C)C.CCCCCCCCCC(=O)O. The Balaban J connectivity index is 0. The minimum absolute atomic E-state index is 0.341. The zero-order valence-electron chi connectivity index (χ0n) is 11.2. The van der Waals surface area contributed by atoms with Gasteiger partial charge in [0, 0.05) is 6.42 Å². The van der Waals surface area contributed by atoms with Gasteiger partial charge in [0.15, 0.2) is 0 Å². The summed E-state index contributed by atoms with van der Waals surface area (Å²) in [6, 6.07) is 0. The van der Waals surface area contributed by atoms with E-state index >= 15 is 0 Å². The predicted molar refractivity (Wildman–Crippen MR) is 70.7 cm³/mol. The molecule has 0 unspecified atom stereocenters. The molecule has 0 atom stereocenters. The molecular formula is C14H28O2. The standard InChI is InChI=1S/C10H20O2.C4H8/c1-2-3-4-5-6-7-8-9-10(11)12;1-4(2)3/h2-9H2,1H3,(H,11,12);1H2,2-3H3. The third kappa shape index (κ3) is 29.2. The van der Waals surface area contributed by atoms with Crippen LogP contribution < -0.4 is 0 Å². The van der Waals surface area contributed by atoms with Crippen LogP contribution in [0.3, 0.4) is 0 Å². The Bertz CT molecular complexity index is 170. The first-order valence-electron chi connectivity index (χ1n) is 6.34. The van der Waals surface area contributed by atoms with E-state index in [0.29, 0.717) is 6.42 Å². The lowest BCUT2D eigenvalue weighted by atomic mass is 10.1. The molecule has 0 aliphatic carbocycles. The fourth-order valence-electron chi connectivity index (χ4n) is 1.23. The highest BCUT2D eigenvalue weighted by Crippen LogP contribution is 2.07. The van der Waals surface area contributed by atoms with Crippen molar-refractivity contribution in [2.45, 2.75) is 72.1 Å². The third-order valence-corrected chi connectivity index (χ3v) is 1.99. The molecule has 0 radical (unpaired) electrons. The fourth-order valence-corrected chi connectivity index (χ4v) is 1.23. The van der Waals surface area contributed by atoms with Gasteiger partial charge in [-0.1, -0.05) is 51.0 Å². The number of allylic oxidation sites excluding steroid dienone is 1. The van der Waals surface area contributed by atoms with E-state index in [1.807, 2.05) is 13.8 Å². The van der Waals surface area contributed by atoms with Gasteiger partial charge in [0.1, 0.15) is 0 Å². The second-order valence-corrected chi connectivity index (χ2v) is 4.47. The van der Waals surface area contributed by atoms with Crippen molar-refractivity contribution in [2.75, 3.05) is 0 Å². The maximum atomic E-state index is 10.1. The van der Waals surface area contributed by atoms with E-state index in [9.17, 15) is 4.79 Å². The molecule has 0 bridgehead atoms. The first-order chi connectivity index (χ1) is 7.50. The highest BCUT2D eigenvalue weighted by atomic mass is 16.4. The summed E-state index contributed by atoms with van der Waals surface area (Å²) in [5.74, 6) is -0.663. The van der Waals surface area contributed by atoms with Crippen molar-refractivity contribution >= 4 is 5.97 Å². The van der Waals surface area contributed by atoms with E-state index in [-0.39, 0.29) is 0 Å². The summed E-state index contributed by atoms with van der Waals surface area (Å²) in [4.78, 5) is 10.1. The van der Waals surface area contributed by atoms with E-state index in [1.165, 1.54) is 37.7 Å². The summed E-state index contributed by atoms with van der Waals surface area (Å²) in [5.41, 5.74) is 1.17. The molecule has 2 heteroatoms. The monoisotopic (exact) mass is 228 g/mol. The zero-order valence-corrected chi connectivity index (χ0v) is 11.2. The maximum Gasteiger partial charge on any atom is 0.303 e. The van der Waals surface area contributed by atoms with Crippen LogP contribution in [-0.4, -0.2) is 11.1 Å². The number of rotatable bonds is 8. The van der Waals surface area contributed by atoms with Gasteiger partial charge >= 0.3 is 5.97 Å². The van der Waals surface area contributed by atoms with Crippen LogP contribution in [0.15, 0.2) is 12.2 Å². The molecule has 0 aliphatic rings. The van der Waals surface area contributed by atoms with Gasteiger partial charge < -0.3 is 5.11 Å². The van der Waals surface area contributed by atoms with Crippen molar-refractivity contribution in [3.8, 4) is 0 Å². The van der Waals surface area contributed by atoms with Crippen LogP contribution in [0, 0.1) is 0 Å². The topological polar surface area (TPSA) is 37.3 Å². The quantitative estimate of drug-likeness (QED) is 0.479. The molecule has 0 aromatic carbocycles. The first kappa shape index (κ1) is 17.6. The summed E-state index contributed by atoms with van der Waals surface area (Å²) in [7, 11) is 0. The number of carboxylic acids is 1. The van der Waals surface area contributed by atoms with Gasteiger partial charge in [-0.2, -0.15) is 0 Å². The summed E-state index contributed by atoms with van der Waals surface area (Å²) < 4.78 is 0. The smallest absolute Gasteiger partial charge is 0.303 e. The van der Waals surface area contributed by atoms with Gasteiger partial charge in [0.25, 0.3) is 0 Å². The van der Waals surface area contributed by atoms with Crippen LogP contribution in [0.5, 0.6) is 0 Å². The van der Waals surface area contributed by atoms with Crippen LogP contribution >= 0.6 is 0 Å². The molecule has 0 spiro atoms.